The Morgan fingerprint density at radius 1 is 1.38 bits per heavy atom. The monoisotopic (exact) mass is 350 g/mol. The molecule has 0 bridgehead atoms. The van der Waals surface area contributed by atoms with E-state index in [0.717, 1.165) is 6.26 Å². The van der Waals surface area contributed by atoms with E-state index in [9.17, 15) is 13.2 Å². The van der Waals surface area contributed by atoms with Crippen LogP contribution in [0.5, 0.6) is 0 Å². The molecule has 1 aromatic rings. The molecule has 5 nitrogen and oxygen atoms in total. The molecule has 1 aromatic carbocycles. The van der Waals surface area contributed by atoms with E-state index in [4.69, 9.17) is 23.2 Å². The lowest BCUT2D eigenvalue weighted by molar-refractivity contribution is -0.116. The van der Waals surface area contributed by atoms with Crippen LogP contribution in [0.4, 0.5) is 5.69 Å². The number of hydrogen-bond acceptors (Lipinski definition) is 3. The van der Waals surface area contributed by atoms with Crippen molar-refractivity contribution < 1.29 is 13.2 Å². The molecule has 0 saturated carbocycles. The maximum absolute atomic E-state index is 11.8. The van der Waals surface area contributed by atoms with Gasteiger partial charge in [0.1, 0.15) is 0 Å². The summed E-state index contributed by atoms with van der Waals surface area (Å²) in [5.74, 6) is -0.314. The second-order valence-electron chi connectivity index (χ2n) is 4.34. The molecule has 0 aliphatic rings. The van der Waals surface area contributed by atoms with E-state index in [1.54, 1.807) is 12.1 Å². The summed E-state index contributed by atoms with van der Waals surface area (Å²) in [6.07, 6.45) is 2.59. The minimum absolute atomic E-state index is 0.0289. The molecule has 1 N–H and O–H groups in total. The SMILES string of the molecule is C=CCN(CCC(=O)Nc1ccc(Cl)c(Cl)c1)S(C)(=O)=O. The van der Waals surface area contributed by atoms with E-state index in [-0.39, 0.29) is 25.4 Å². The molecule has 0 radical (unpaired) electrons. The summed E-state index contributed by atoms with van der Waals surface area (Å²) in [4.78, 5) is 11.8. The smallest absolute Gasteiger partial charge is 0.225 e. The van der Waals surface area contributed by atoms with E-state index < -0.39 is 10.0 Å². The topological polar surface area (TPSA) is 66.5 Å². The van der Waals surface area contributed by atoms with Crippen LogP contribution in [-0.2, 0) is 14.8 Å². The fourth-order valence-electron chi connectivity index (χ4n) is 1.56. The van der Waals surface area contributed by atoms with Crippen molar-refractivity contribution in [1.82, 2.24) is 4.31 Å². The molecule has 8 heteroatoms. The van der Waals surface area contributed by atoms with Crippen molar-refractivity contribution in [2.45, 2.75) is 6.42 Å². The Kier molecular flexibility index (Phi) is 6.67. The lowest BCUT2D eigenvalue weighted by Crippen LogP contribution is -2.33. The van der Waals surface area contributed by atoms with Gasteiger partial charge in [-0.05, 0) is 18.2 Å². The van der Waals surface area contributed by atoms with Gasteiger partial charge in [0.25, 0.3) is 0 Å². The van der Waals surface area contributed by atoms with Crippen LogP contribution in [0.25, 0.3) is 0 Å². The van der Waals surface area contributed by atoms with E-state index in [2.05, 4.69) is 11.9 Å². The number of benzene rings is 1. The predicted molar refractivity (Wildman–Crippen MR) is 86.3 cm³/mol. The fourth-order valence-corrected chi connectivity index (χ4v) is 2.66. The first-order chi connectivity index (χ1) is 9.74. The number of halogens is 2. The Balaban J connectivity index is 2.60. The average molecular weight is 351 g/mol. The lowest BCUT2D eigenvalue weighted by atomic mass is 10.3. The molecule has 0 fully saturated rings. The van der Waals surface area contributed by atoms with Gasteiger partial charge in [0.2, 0.25) is 15.9 Å². The zero-order valence-electron chi connectivity index (χ0n) is 11.5. The molecule has 0 aliphatic carbocycles. The van der Waals surface area contributed by atoms with Gasteiger partial charge in [-0.15, -0.1) is 6.58 Å². The van der Waals surface area contributed by atoms with Gasteiger partial charge in [-0.2, -0.15) is 4.31 Å². The number of carbonyl (C=O) groups excluding carboxylic acids is 1. The van der Waals surface area contributed by atoms with Crippen LogP contribution in [-0.4, -0.2) is 38.0 Å². The van der Waals surface area contributed by atoms with Gasteiger partial charge in [-0.1, -0.05) is 29.3 Å². The maximum Gasteiger partial charge on any atom is 0.225 e. The highest BCUT2D eigenvalue weighted by molar-refractivity contribution is 7.88. The van der Waals surface area contributed by atoms with E-state index in [1.807, 2.05) is 0 Å². The number of sulfonamides is 1. The first kappa shape index (κ1) is 18.0. The predicted octanol–water partition coefficient (Wildman–Crippen LogP) is 2.77. The molecule has 0 aromatic heterocycles. The van der Waals surface area contributed by atoms with Gasteiger partial charge in [0.15, 0.2) is 0 Å². The average Bonchev–Trinajstić information content (AvgIpc) is 2.37. The van der Waals surface area contributed by atoms with Gasteiger partial charge in [-0.3, -0.25) is 4.79 Å². The van der Waals surface area contributed by atoms with Crippen molar-refractivity contribution in [3.63, 3.8) is 0 Å². The number of anilines is 1. The molecule has 1 rings (SSSR count). The Labute approximate surface area is 134 Å². The number of hydrogen-bond donors (Lipinski definition) is 1. The third kappa shape index (κ3) is 6.05. The number of carbonyl (C=O) groups is 1. The van der Waals surface area contributed by atoms with Gasteiger partial charge in [-0.25, -0.2) is 8.42 Å². The van der Waals surface area contributed by atoms with E-state index in [1.165, 1.54) is 16.4 Å². The Hall–Kier alpha value is -1.08. The van der Waals surface area contributed by atoms with Crippen LogP contribution in [0.3, 0.4) is 0 Å². The Morgan fingerprint density at radius 3 is 2.57 bits per heavy atom. The van der Waals surface area contributed by atoms with Gasteiger partial charge < -0.3 is 5.32 Å². The fraction of sp³-hybridized carbons (Fsp3) is 0.308. The van der Waals surface area contributed by atoms with E-state index >= 15 is 0 Å². The lowest BCUT2D eigenvalue weighted by Gasteiger charge is -2.17. The minimum Gasteiger partial charge on any atom is -0.326 e. The van der Waals surface area contributed by atoms with Crippen LogP contribution in [0.1, 0.15) is 6.42 Å². The van der Waals surface area contributed by atoms with Crippen LogP contribution >= 0.6 is 23.2 Å². The van der Waals surface area contributed by atoms with Crippen molar-refractivity contribution in [2.75, 3.05) is 24.7 Å². The molecule has 0 atom stereocenters. The second kappa shape index (κ2) is 7.79. The van der Waals surface area contributed by atoms with E-state index in [0.29, 0.717) is 15.7 Å². The van der Waals surface area contributed by atoms with Crippen molar-refractivity contribution >= 4 is 44.8 Å². The summed E-state index contributed by atoms with van der Waals surface area (Å²) in [7, 11) is -3.36. The van der Waals surface area contributed by atoms with Crippen LogP contribution < -0.4 is 5.32 Å². The summed E-state index contributed by atoms with van der Waals surface area (Å²) >= 11 is 11.6. The van der Waals surface area contributed by atoms with Crippen LogP contribution in [0.15, 0.2) is 30.9 Å². The first-order valence-electron chi connectivity index (χ1n) is 6.05. The third-order valence-corrected chi connectivity index (χ3v) is 4.60. The standard InChI is InChI=1S/C13H16Cl2N2O3S/c1-3-7-17(21(2,19)20)8-6-13(18)16-10-4-5-11(14)12(15)9-10/h3-5,9H,1,6-8H2,2H3,(H,16,18). The van der Waals surface area contributed by atoms with Crippen molar-refractivity contribution in [1.29, 1.82) is 0 Å². The van der Waals surface area contributed by atoms with Crippen molar-refractivity contribution in [3.05, 3.63) is 40.9 Å². The second-order valence-corrected chi connectivity index (χ2v) is 7.13. The third-order valence-electron chi connectivity index (χ3n) is 2.59. The summed E-state index contributed by atoms with van der Waals surface area (Å²) in [5.41, 5.74) is 0.504. The molecule has 0 spiro atoms. The summed E-state index contributed by atoms with van der Waals surface area (Å²) < 4.78 is 24.2. The largest absolute Gasteiger partial charge is 0.326 e. The van der Waals surface area contributed by atoms with Crippen molar-refractivity contribution in [3.8, 4) is 0 Å². The Bertz CT molecular complexity index is 632. The molecular weight excluding hydrogens is 335 g/mol. The highest BCUT2D eigenvalue weighted by Crippen LogP contribution is 2.25. The van der Waals surface area contributed by atoms with Gasteiger partial charge in [0.05, 0.1) is 16.3 Å². The van der Waals surface area contributed by atoms with Gasteiger partial charge >= 0.3 is 0 Å². The molecule has 0 heterocycles. The zero-order valence-corrected chi connectivity index (χ0v) is 13.8. The summed E-state index contributed by atoms with van der Waals surface area (Å²) in [5, 5.41) is 3.35. The zero-order chi connectivity index (χ0) is 16.0. The first-order valence-corrected chi connectivity index (χ1v) is 8.65. The van der Waals surface area contributed by atoms with Crippen LogP contribution in [0.2, 0.25) is 10.0 Å². The van der Waals surface area contributed by atoms with Crippen molar-refractivity contribution in [2.24, 2.45) is 0 Å². The summed E-state index contributed by atoms with van der Waals surface area (Å²) in [6, 6.07) is 4.71. The number of rotatable bonds is 7. The number of nitrogens with one attached hydrogen (secondary N) is 1. The molecule has 0 aliphatic heterocycles. The normalized spacial score (nSPS) is 11.4. The molecule has 0 unspecified atom stereocenters. The number of amides is 1. The molecule has 21 heavy (non-hydrogen) atoms. The maximum atomic E-state index is 11.8. The highest BCUT2D eigenvalue weighted by Gasteiger charge is 2.16. The molecular formula is C13H16Cl2N2O3S. The molecule has 0 saturated heterocycles. The Morgan fingerprint density at radius 2 is 2.05 bits per heavy atom. The molecule has 116 valence electrons. The number of nitrogens with zero attached hydrogens (tertiary/aromatic N) is 1. The minimum atomic E-state index is -3.36. The molecule has 1 amide bonds. The van der Waals surface area contributed by atoms with Gasteiger partial charge in [0, 0.05) is 25.2 Å². The quantitative estimate of drug-likeness (QED) is 0.768. The van der Waals surface area contributed by atoms with Crippen LogP contribution in [0, 0.1) is 0 Å². The highest BCUT2D eigenvalue weighted by atomic mass is 35.5. The summed E-state index contributed by atoms with van der Waals surface area (Å²) in [6.45, 7) is 3.74.